The second kappa shape index (κ2) is 4.37. The van der Waals surface area contributed by atoms with Gasteiger partial charge in [0.1, 0.15) is 5.71 Å². The average molecular weight is 231 g/mol. The van der Waals surface area contributed by atoms with Gasteiger partial charge in [0.25, 0.3) is 0 Å². The van der Waals surface area contributed by atoms with Gasteiger partial charge in [0, 0.05) is 24.6 Å². The molecule has 5 nitrogen and oxygen atoms in total. The van der Waals surface area contributed by atoms with Crippen molar-refractivity contribution in [3.8, 4) is 0 Å². The van der Waals surface area contributed by atoms with Gasteiger partial charge in [-0.1, -0.05) is 12.1 Å². The second-order valence-corrected chi connectivity index (χ2v) is 3.86. The first-order valence-corrected chi connectivity index (χ1v) is 5.34. The van der Waals surface area contributed by atoms with Crippen molar-refractivity contribution >= 4 is 23.1 Å². The second-order valence-electron chi connectivity index (χ2n) is 3.86. The molecular weight excluding hydrogens is 218 g/mol. The number of ketones is 1. The molecule has 0 bridgehead atoms. The number of carbonyl (C=O) groups is 2. The third kappa shape index (κ3) is 2.18. The molecule has 0 fully saturated rings. The maximum absolute atomic E-state index is 12.1. The number of hydrogen-bond acceptors (Lipinski definition) is 4. The molecule has 1 heterocycles. The quantitative estimate of drug-likeness (QED) is 0.610. The normalized spacial score (nSPS) is 14.6. The van der Waals surface area contributed by atoms with Crippen molar-refractivity contribution in [3.63, 3.8) is 0 Å². The summed E-state index contributed by atoms with van der Waals surface area (Å²) in [6.45, 7) is 1.89. The van der Waals surface area contributed by atoms with Crippen LogP contribution in [0.4, 0.5) is 5.69 Å². The fourth-order valence-electron chi connectivity index (χ4n) is 1.70. The Morgan fingerprint density at radius 1 is 1.35 bits per heavy atom. The van der Waals surface area contributed by atoms with Gasteiger partial charge in [-0.15, -0.1) is 0 Å². The molecule has 0 aliphatic carbocycles. The van der Waals surface area contributed by atoms with Crippen LogP contribution in [0.15, 0.2) is 29.4 Å². The van der Waals surface area contributed by atoms with Gasteiger partial charge < -0.3 is 5.73 Å². The van der Waals surface area contributed by atoms with Crippen LogP contribution >= 0.6 is 0 Å². The van der Waals surface area contributed by atoms with Gasteiger partial charge in [-0.25, -0.2) is 5.01 Å². The van der Waals surface area contributed by atoms with Crippen LogP contribution in [0, 0.1) is 0 Å². The maximum atomic E-state index is 12.1. The predicted molar refractivity (Wildman–Crippen MR) is 64.6 cm³/mol. The average Bonchev–Trinajstić information content (AvgIpc) is 2.78. The Hall–Kier alpha value is -2.17. The lowest BCUT2D eigenvalue weighted by Crippen LogP contribution is -2.19. The molecule has 1 aromatic rings. The van der Waals surface area contributed by atoms with Gasteiger partial charge in [0.2, 0.25) is 11.7 Å². The van der Waals surface area contributed by atoms with Crippen molar-refractivity contribution in [2.45, 2.75) is 13.3 Å². The highest BCUT2D eigenvalue weighted by Gasteiger charge is 2.24. The van der Waals surface area contributed by atoms with Crippen LogP contribution in [0.5, 0.6) is 0 Å². The van der Waals surface area contributed by atoms with Crippen LogP contribution in [0.25, 0.3) is 0 Å². The van der Waals surface area contributed by atoms with Crippen LogP contribution in [0.1, 0.15) is 23.7 Å². The van der Waals surface area contributed by atoms with Crippen LogP contribution in [0.2, 0.25) is 0 Å². The molecule has 1 amide bonds. The van der Waals surface area contributed by atoms with E-state index in [-0.39, 0.29) is 11.7 Å². The minimum atomic E-state index is -0.202. The number of para-hydroxylation sites is 1. The molecule has 1 aliphatic heterocycles. The summed E-state index contributed by atoms with van der Waals surface area (Å²) in [4.78, 5) is 23.2. The lowest BCUT2D eigenvalue weighted by molar-refractivity contribution is -0.128. The molecule has 1 aliphatic rings. The van der Waals surface area contributed by atoms with Gasteiger partial charge in [-0.2, -0.15) is 5.10 Å². The highest BCUT2D eigenvalue weighted by Crippen LogP contribution is 2.16. The Balaban J connectivity index is 2.26. The number of nitrogens with zero attached hydrogens (tertiary/aromatic N) is 2. The fourth-order valence-corrected chi connectivity index (χ4v) is 1.70. The first kappa shape index (κ1) is 11.3. The predicted octanol–water partition coefficient (Wildman–Crippen LogP) is 1.06. The van der Waals surface area contributed by atoms with Crippen molar-refractivity contribution in [3.05, 3.63) is 29.8 Å². The van der Waals surface area contributed by atoms with Crippen molar-refractivity contribution in [2.24, 2.45) is 5.10 Å². The zero-order valence-electron chi connectivity index (χ0n) is 9.51. The van der Waals surface area contributed by atoms with E-state index in [0.717, 1.165) is 0 Å². The van der Waals surface area contributed by atoms with Crippen LogP contribution in [0.3, 0.4) is 0 Å². The van der Waals surface area contributed by atoms with E-state index in [1.807, 2.05) is 0 Å². The summed E-state index contributed by atoms with van der Waals surface area (Å²) in [5.74, 6) is -0.360. The third-order valence-electron chi connectivity index (χ3n) is 2.63. The molecule has 5 heteroatoms. The number of hydrazone groups is 1. The molecule has 0 aromatic heterocycles. The van der Waals surface area contributed by atoms with E-state index < -0.39 is 0 Å². The Bertz CT molecular complexity index is 508. The molecule has 2 rings (SSSR count). The largest absolute Gasteiger partial charge is 0.398 e. The van der Waals surface area contributed by atoms with Gasteiger partial charge in [-0.3, -0.25) is 9.59 Å². The van der Waals surface area contributed by atoms with Gasteiger partial charge in [-0.05, 0) is 12.1 Å². The summed E-state index contributed by atoms with van der Waals surface area (Å²) >= 11 is 0. The molecule has 0 saturated carbocycles. The van der Waals surface area contributed by atoms with Gasteiger partial charge in [0.05, 0.1) is 6.54 Å². The zero-order valence-corrected chi connectivity index (χ0v) is 9.51. The van der Waals surface area contributed by atoms with Crippen LogP contribution in [-0.2, 0) is 4.79 Å². The molecular formula is C12H13N3O2. The highest BCUT2D eigenvalue weighted by molar-refractivity contribution is 6.47. The molecule has 0 radical (unpaired) electrons. The SMILES string of the molecule is CC(=O)N1CCC(C(=O)c2ccccc2N)=N1. The fraction of sp³-hybridized carbons (Fsp3) is 0.250. The summed E-state index contributed by atoms with van der Waals surface area (Å²) in [7, 11) is 0. The topological polar surface area (TPSA) is 75.8 Å². The number of Topliss-reactive ketones (excluding diaryl/α,β-unsaturated/α-hetero) is 1. The van der Waals surface area contributed by atoms with Crippen LogP contribution < -0.4 is 5.73 Å². The summed E-state index contributed by atoms with van der Waals surface area (Å²) in [6, 6.07) is 6.86. The molecule has 88 valence electrons. The third-order valence-corrected chi connectivity index (χ3v) is 2.63. The monoisotopic (exact) mass is 231 g/mol. The molecule has 1 aromatic carbocycles. The van der Waals surface area contributed by atoms with Crippen molar-refractivity contribution in [1.82, 2.24) is 5.01 Å². The van der Waals surface area contributed by atoms with E-state index in [4.69, 9.17) is 5.73 Å². The lowest BCUT2D eigenvalue weighted by atomic mass is 10.0. The highest BCUT2D eigenvalue weighted by atomic mass is 16.2. The van der Waals surface area contributed by atoms with Gasteiger partial charge in [0.15, 0.2) is 0 Å². The summed E-state index contributed by atoms with van der Waals surface area (Å²) in [5.41, 5.74) is 6.99. The van der Waals surface area contributed by atoms with Gasteiger partial charge >= 0.3 is 0 Å². The van der Waals surface area contributed by atoms with E-state index in [2.05, 4.69) is 5.10 Å². The number of rotatable bonds is 2. The number of amides is 1. The van der Waals surface area contributed by atoms with E-state index in [9.17, 15) is 9.59 Å². The molecule has 17 heavy (non-hydrogen) atoms. The number of hydrogen-bond donors (Lipinski definition) is 1. The Morgan fingerprint density at radius 2 is 2.06 bits per heavy atom. The van der Waals surface area contributed by atoms with E-state index in [1.54, 1.807) is 24.3 Å². The van der Waals surface area contributed by atoms with E-state index in [0.29, 0.717) is 29.9 Å². The Labute approximate surface area is 98.9 Å². The first-order chi connectivity index (χ1) is 8.09. The first-order valence-electron chi connectivity index (χ1n) is 5.34. The lowest BCUT2D eigenvalue weighted by Gasteiger charge is -2.05. The smallest absolute Gasteiger partial charge is 0.239 e. The molecule has 0 unspecified atom stereocenters. The van der Waals surface area contributed by atoms with Crippen molar-refractivity contribution in [1.29, 1.82) is 0 Å². The maximum Gasteiger partial charge on any atom is 0.239 e. The van der Waals surface area contributed by atoms with E-state index >= 15 is 0 Å². The van der Waals surface area contributed by atoms with Crippen molar-refractivity contribution in [2.75, 3.05) is 12.3 Å². The van der Waals surface area contributed by atoms with E-state index in [1.165, 1.54) is 11.9 Å². The molecule has 2 N–H and O–H groups in total. The summed E-state index contributed by atoms with van der Waals surface area (Å²) in [6.07, 6.45) is 0.479. The summed E-state index contributed by atoms with van der Waals surface area (Å²) < 4.78 is 0. The number of nitrogen functional groups attached to an aromatic ring is 1. The zero-order chi connectivity index (χ0) is 12.4. The number of carbonyl (C=O) groups excluding carboxylic acids is 2. The summed E-state index contributed by atoms with van der Waals surface area (Å²) in [5, 5.41) is 5.30. The Kier molecular flexibility index (Phi) is 2.91. The van der Waals surface area contributed by atoms with Crippen molar-refractivity contribution < 1.29 is 9.59 Å². The molecule has 0 atom stereocenters. The standard InChI is InChI=1S/C12H13N3O2/c1-8(16)15-7-6-11(14-15)12(17)9-4-2-3-5-10(9)13/h2-5H,6-7,13H2,1H3. The number of nitrogens with two attached hydrogens (primary N) is 1. The number of anilines is 1. The van der Waals surface area contributed by atoms with Crippen LogP contribution in [-0.4, -0.2) is 29.0 Å². The number of benzene rings is 1. The molecule has 0 spiro atoms. The minimum absolute atomic E-state index is 0.158. The molecule has 0 saturated heterocycles. The Morgan fingerprint density at radius 3 is 2.65 bits per heavy atom. The minimum Gasteiger partial charge on any atom is -0.398 e.